The van der Waals surface area contributed by atoms with E-state index in [1.807, 2.05) is 0 Å². The SMILES string of the molecule is CCOC(=O)C1=C(N)Oc2c(c(=O)[nH]c3ccc(OC)cc23)[C@@H]1c1ccc(OC)cc1. The van der Waals surface area contributed by atoms with Crippen LogP contribution in [0.1, 0.15) is 24.0 Å². The van der Waals surface area contributed by atoms with Crippen molar-refractivity contribution >= 4 is 16.9 Å². The van der Waals surface area contributed by atoms with Crippen LogP contribution in [0.5, 0.6) is 17.2 Å². The van der Waals surface area contributed by atoms with Crippen LogP contribution in [0, 0.1) is 0 Å². The van der Waals surface area contributed by atoms with Gasteiger partial charge in [-0.2, -0.15) is 0 Å². The number of hydrogen-bond donors (Lipinski definition) is 2. The smallest absolute Gasteiger partial charge is 0.340 e. The van der Waals surface area contributed by atoms with Gasteiger partial charge in [0, 0.05) is 5.39 Å². The van der Waals surface area contributed by atoms with E-state index in [1.54, 1.807) is 63.6 Å². The normalized spacial score (nSPS) is 15.3. The van der Waals surface area contributed by atoms with Crippen LogP contribution in [-0.2, 0) is 9.53 Å². The van der Waals surface area contributed by atoms with E-state index < -0.39 is 11.9 Å². The number of aromatic nitrogens is 1. The molecule has 0 saturated carbocycles. The number of carbonyl (C=O) groups is 1. The second-order valence-corrected chi connectivity index (χ2v) is 6.92. The molecule has 0 spiro atoms. The van der Waals surface area contributed by atoms with Crippen LogP contribution in [0.15, 0.2) is 58.7 Å². The molecular formula is C23H22N2O6. The Morgan fingerprint density at radius 2 is 1.77 bits per heavy atom. The first-order chi connectivity index (χ1) is 15.0. The lowest BCUT2D eigenvalue weighted by atomic mass is 9.83. The standard InChI is InChI=1S/C23H22N2O6/c1-4-30-23(27)19-17(12-5-7-13(28-2)8-6-12)18-20(31-21(19)24)15-11-14(29-3)9-10-16(15)25-22(18)26/h5-11,17H,4,24H2,1-3H3,(H,25,26)/t17-/m0/s1. The molecule has 160 valence electrons. The van der Waals surface area contributed by atoms with Gasteiger partial charge in [-0.05, 0) is 42.8 Å². The molecule has 31 heavy (non-hydrogen) atoms. The molecule has 3 N–H and O–H groups in total. The van der Waals surface area contributed by atoms with Crippen molar-refractivity contribution in [2.75, 3.05) is 20.8 Å². The maximum atomic E-state index is 13.2. The fourth-order valence-electron chi connectivity index (χ4n) is 3.77. The minimum absolute atomic E-state index is 0.0762. The number of hydrogen-bond acceptors (Lipinski definition) is 7. The molecule has 2 heterocycles. The van der Waals surface area contributed by atoms with E-state index in [1.165, 1.54) is 0 Å². The van der Waals surface area contributed by atoms with Crippen molar-refractivity contribution in [1.82, 2.24) is 4.98 Å². The Kier molecular flexibility index (Phi) is 5.29. The molecule has 1 aliphatic rings. The molecule has 3 aromatic rings. The number of rotatable bonds is 5. The number of aromatic amines is 1. The Labute approximate surface area is 178 Å². The summed E-state index contributed by atoms with van der Waals surface area (Å²) < 4.78 is 21.6. The van der Waals surface area contributed by atoms with E-state index >= 15 is 0 Å². The van der Waals surface area contributed by atoms with E-state index in [4.69, 9.17) is 24.7 Å². The number of benzene rings is 2. The first-order valence-electron chi connectivity index (χ1n) is 9.71. The van der Waals surface area contributed by atoms with Gasteiger partial charge >= 0.3 is 5.97 Å². The number of fused-ring (bicyclic) bond motifs is 3. The summed E-state index contributed by atoms with van der Waals surface area (Å²) in [5.41, 5.74) is 7.40. The van der Waals surface area contributed by atoms with Gasteiger partial charge in [-0.25, -0.2) is 4.79 Å². The summed E-state index contributed by atoms with van der Waals surface area (Å²) in [5.74, 6) is -0.0249. The molecule has 0 aliphatic carbocycles. The van der Waals surface area contributed by atoms with Gasteiger partial charge in [0.2, 0.25) is 5.88 Å². The number of H-pyrrole nitrogens is 1. The third-order valence-corrected chi connectivity index (χ3v) is 5.21. The Morgan fingerprint density at radius 3 is 2.42 bits per heavy atom. The summed E-state index contributed by atoms with van der Waals surface area (Å²) in [7, 11) is 3.11. The van der Waals surface area contributed by atoms with Crippen LogP contribution >= 0.6 is 0 Å². The summed E-state index contributed by atoms with van der Waals surface area (Å²) in [6.07, 6.45) is 0. The van der Waals surface area contributed by atoms with Crippen molar-refractivity contribution in [3.63, 3.8) is 0 Å². The van der Waals surface area contributed by atoms with Crippen LogP contribution in [-0.4, -0.2) is 31.8 Å². The lowest BCUT2D eigenvalue weighted by Crippen LogP contribution is -2.32. The minimum Gasteiger partial charge on any atom is -0.497 e. The number of ether oxygens (including phenoxy) is 4. The first kappa shape index (κ1) is 20.3. The molecule has 0 fully saturated rings. The summed E-state index contributed by atoms with van der Waals surface area (Å²) in [6.45, 7) is 1.85. The molecular weight excluding hydrogens is 400 g/mol. The minimum atomic E-state index is -0.784. The zero-order valence-corrected chi connectivity index (χ0v) is 17.4. The van der Waals surface area contributed by atoms with Gasteiger partial charge in [-0.1, -0.05) is 12.1 Å². The number of nitrogens with two attached hydrogens (primary N) is 1. The van der Waals surface area contributed by atoms with Gasteiger partial charge in [0.25, 0.3) is 5.56 Å². The van der Waals surface area contributed by atoms with E-state index in [0.29, 0.717) is 28.0 Å². The highest BCUT2D eigenvalue weighted by atomic mass is 16.5. The summed E-state index contributed by atoms with van der Waals surface area (Å²) in [6, 6.07) is 12.3. The molecule has 0 unspecified atom stereocenters. The number of nitrogens with one attached hydrogen (secondary N) is 1. The highest BCUT2D eigenvalue weighted by molar-refractivity contribution is 5.95. The van der Waals surface area contributed by atoms with E-state index in [-0.39, 0.29) is 34.9 Å². The number of esters is 1. The van der Waals surface area contributed by atoms with Crippen molar-refractivity contribution < 1.29 is 23.7 Å². The Morgan fingerprint density at radius 1 is 1.10 bits per heavy atom. The fourth-order valence-corrected chi connectivity index (χ4v) is 3.77. The van der Waals surface area contributed by atoms with Crippen molar-refractivity contribution in [2.45, 2.75) is 12.8 Å². The van der Waals surface area contributed by atoms with Gasteiger partial charge in [0.1, 0.15) is 22.8 Å². The average Bonchev–Trinajstić information content (AvgIpc) is 2.78. The lowest BCUT2D eigenvalue weighted by molar-refractivity contribution is -0.139. The number of methoxy groups -OCH3 is 2. The molecule has 8 heteroatoms. The molecule has 4 rings (SSSR count). The third-order valence-electron chi connectivity index (χ3n) is 5.21. The van der Waals surface area contributed by atoms with Crippen molar-refractivity contribution in [3.05, 3.63) is 75.4 Å². The van der Waals surface area contributed by atoms with Gasteiger partial charge in [0.05, 0.1) is 37.8 Å². The lowest BCUT2D eigenvalue weighted by Gasteiger charge is -2.28. The van der Waals surface area contributed by atoms with E-state index in [2.05, 4.69) is 4.98 Å². The van der Waals surface area contributed by atoms with Crippen LogP contribution < -0.4 is 25.5 Å². The fraction of sp³-hybridized carbons (Fsp3) is 0.217. The van der Waals surface area contributed by atoms with Crippen molar-refractivity contribution in [3.8, 4) is 17.2 Å². The van der Waals surface area contributed by atoms with Crippen LogP contribution in [0.4, 0.5) is 0 Å². The Hall–Kier alpha value is -3.94. The predicted octanol–water partition coefficient (Wildman–Crippen LogP) is 2.80. The van der Waals surface area contributed by atoms with E-state index in [0.717, 1.165) is 0 Å². The molecule has 0 saturated heterocycles. The number of carbonyl (C=O) groups excluding carboxylic acids is 1. The molecule has 8 nitrogen and oxygen atoms in total. The largest absolute Gasteiger partial charge is 0.497 e. The maximum absolute atomic E-state index is 13.2. The van der Waals surface area contributed by atoms with Crippen molar-refractivity contribution in [1.29, 1.82) is 0 Å². The molecule has 1 aromatic heterocycles. The quantitative estimate of drug-likeness (QED) is 0.608. The molecule has 2 aromatic carbocycles. The zero-order valence-electron chi connectivity index (χ0n) is 17.4. The second kappa shape index (κ2) is 8.06. The molecule has 0 amide bonds. The monoisotopic (exact) mass is 422 g/mol. The summed E-state index contributed by atoms with van der Waals surface area (Å²) in [4.78, 5) is 28.8. The molecule has 1 aliphatic heterocycles. The molecule has 0 bridgehead atoms. The summed E-state index contributed by atoms with van der Waals surface area (Å²) in [5, 5.41) is 0.610. The first-order valence-corrected chi connectivity index (χ1v) is 9.71. The highest BCUT2D eigenvalue weighted by Gasteiger charge is 2.38. The maximum Gasteiger partial charge on any atom is 0.340 e. The molecule has 0 radical (unpaired) electrons. The highest BCUT2D eigenvalue weighted by Crippen LogP contribution is 2.44. The van der Waals surface area contributed by atoms with Gasteiger partial charge in [0.15, 0.2) is 0 Å². The molecule has 1 atom stereocenters. The van der Waals surface area contributed by atoms with Crippen molar-refractivity contribution in [2.24, 2.45) is 5.73 Å². The number of pyridine rings is 1. The second-order valence-electron chi connectivity index (χ2n) is 6.92. The van der Waals surface area contributed by atoms with Crippen LogP contribution in [0.3, 0.4) is 0 Å². The summed E-state index contributed by atoms with van der Waals surface area (Å²) >= 11 is 0. The third kappa shape index (κ3) is 3.46. The van der Waals surface area contributed by atoms with Crippen LogP contribution in [0.2, 0.25) is 0 Å². The van der Waals surface area contributed by atoms with Crippen LogP contribution in [0.25, 0.3) is 10.9 Å². The average molecular weight is 422 g/mol. The topological polar surface area (TPSA) is 113 Å². The van der Waals surface area contributed by atoms with Gasteiger partial charge < -0.3 is 29.7 Å². The van der Waals surface area contributed by atoms with Gasteiger partial charge in [-0.3, -0.25) is 4.79 Å². The Balaban J connectivity index is 2.02. The Bertz CT molecular complexity index is 1240. The van der Waals surface area contributed by atoms with E-state index in [9.17, 15) is 9.59 Å². The van der Waals surface area contributed by atoms with Gasteiger partial charge in [-0.15, -0.1) is 0 Å². The zero-order chi connectivity index (χ0) is 22.1. The predicted molar refractivity (Wildman–Crippen MR) is 114 cm³/mol.